The van der Waals surface area contributed by atoms with E-state index in [4.69, 9.17) is 26.6 Å². The van der Waals surface area contributed by atoms with E-state index in [9.17, 15) is 0 Å². The van der Waals surface area contributed by atoms with Gasteiger partial charge in [0.05, 0.1) is 0 Å². The molecule has 9 heavy (non-hydrogen) atoms. The lowest BCUT2D eigenvalue weighted by molar-refractivity contribution is 0.452. The molecule has 0 aliphatic rings. The van der Waals surface area contributed by atoms with E-state index in [1.54, 1.807) is 0 Å². The molecule has 0 rings (SSSR count). The minimum Gasteiger partial charge on any atom is -0.284 e. The summed E-state index contributed by atoms with van der Waals surface area (Å²) in [5.74, 6) is 0. The molecule has 0 aliphatic carbocycles. The Bertz CT molecular complexity index is 69.1. The van der Waals surface area contributed by atoms with E-state index in [1.165, 1.54) is 0 Å². The van der Waals surface area contributed by atoms with Crippen molar-refractivity contribution in [3.8, 4) is 0 Å². The second-order valence-electron chi connectivity index (χ2n) is 0.461. The summed E-state index contributed by atoms with van der Waals surface area (Å²) >= 11 is -5.22. The fourth-order valence-electron chi connectivity index (χ4n) is 0. The summed E-state index contributed by atoms with van der Waals surface area (Å²) in [6, 6.07) is 0. The molecule has 0 aromatic heterocycles. The Morgan fingerprint density at radius 3 is 0.778 bits per heavy atom. The zero-order valence-electron chi connectivity index (χ0n) is 3.42. The van der Waals surface area contributed by atoms with E-state index in [1.807, 2.05) is 0 Å². The lowest BCUT2D eigenvalue weighted by atomic mass is 12.0. The van der Waals surface area contributed by atoms with Gasteiger partial charge in [0.15, 0.2) is 0 Å². The van der Waals surface area contributed by atoms with Crippen LogP contribution in [0.5, 0.6) is 0 Å². The van der Waals surface area contributed by atoms with Crippen LogP contribution in [0.1, 0.15) is 7.43 Å². The van der Waals surface area contributed by atoms with Crippen LogP contribution in [0.4, 0.5) is 0 Å². The summed E-state index contributed by atoms with van der Waals surface area (Å²) in [6.07, 6.45) is 0. The molecular weight excluding hydrogens is 172 g/mol. The van der Waals surface area contributed by atoms with E-state index >= 15 is 0 Å². The Morgan fingerprint density at radius 2 is 0.778 bits per heavy atom. The average molecular weight is 180 g/mol. The van der Waals surface area contributed by atoms with Crippen molar-refractivity contribution in [1.29, 1.82) is 0 Å². The summed E-state index contributed by atoms with van der Waals surface area (Å²) in [5, 5.41) is 0. The van der Waals surface area contributed by atoms with E-state index < -0.39 is 22.7 Å². The van der Waals surface area contributed by atoms with Gasteiger partial charge in [0.1, 0.15) is 0 Å². The minimum atomic E-state index is -2.61. The van der Waals surface area contributed by atoms with Gasteiger partial charge in [0.2, 0.25) is 0 Å². The van der Waals surface area contributed by atoms with Gasteiger partial charge in [-0.3, -0.25) is 18.2 Å². The van der Waals surface area contributed by atoms with Gasteiger partial charge in [-0.25, -0.2) is 0 Å². The summed E-state index contributed by atoms with van der Waals surface area (Å²) in [7, 11) is 0. The molecule has 0 aromatic carbocycles. The van der Waals surface area contributed by atoms with Gasteiger partial charge in [0, 0.05) is 0 Å². The smallest absolute Gasteiger partial charge is 0.284 e. The highest BCUT2D eigenvalue weighted by Gasteiger charge is 1.63. The van der Waals surface area contributed by atoms with Crippen LogP contribution in [0, 0.1) is 0 Å². The van der Waals surface area contributed by atoms with Crippen molar-refractivity contribution in [2.45, 2.75) is 7.43 Å². The predicted octanol–water partition coefficient (Wildman–Crippen LogP) is -0.00170. The standard InChI is InChI=1S/CH4.2H2O3S/c;2*1-4(2)3/h1H4;2*(H2,1,2,3). The highest BCUT2D eigenvalue weighted by Crippen LogP contribution is 1.44. The predicted molar refractivity (Wildman–Crippen MR) is 33.5 cm³/mol. The summed E-state index contributed by atoms with van der Waals surface area (Å²) < 4.78 is 45.7. The first kappa shape index (κ1) is 16.1. The molecule has 0 amide bonds. The molecule has 0 aromatic rings. The van der Waals surface area contributed by atoms with Crippen LogP contribution in [0.3, 0.4) is 0 Å². The van der Waals surface area contributed by atoms with E-state index in [0.717, 1.165) is 0 Å². The van der Waals surface area contributed by atoms with Gasteiger partial charge in [-0.05, 0) is 0 Å². The fraction of sp³-hybridized carbons (Fsp3) is 1.00. The Hall–Kier alpha value is 0.140. The highest BCUT2D eigenvalue weighted by atomic mass is 32.2. The van der Waals surface area contributed by atoms with Gasteiger partial charge in [-0.15, -0.1) is 0 Å². The summed E-state index contributed by atoms with van der Waals surface area (Å²) in [4.78, 5) is 0. The second kappa shape index (κ2) is 11.0. The number of rotatable bonds is 0. The summed E-state index contributed by atoms with van der Waals surface area (Å²) in [6.45, 7) is 0. The molecule has 0 saturated carbocycles. The monoisotopic (exact) mass is 180 g/mol. The third kappa shape index (κ3) is 15700. The third-order valence-corrected chi connectivity index (χ3v) is 0. The molecule has 0 bridgehead atoms. The SMILES string of the molecule is C.O=S(O)O.O=S(O)O. The molecule has 0 heterocycles. The minimum absolute atomic E-state index is 0. The fourth-order valence-corrected chi connectivity index (χ4v) is 0. The van der Waals surface area contributed by atoms with Crippen molar-refractivity contribution in [3.05, 3.63) is 0 Å². The van der Waals surface area contributed by atoms with Crippen LogP contribution in [-0.2, 0) is 22.7 Å². The first-order valence-corrected chi connectivity index (χ1v) is 3.19. The Balaban J connectivity index is -0.0000000720. The molecule has 8 heteroatoms. The molecule has 0 spiro atoms. The molecule has 0 fully saturated rings. The van der Waals surface area contributed by atoms with Crippen LogP contribution in [0.25, 0.3) is 0 Å². The molecule has 0 atom stereocenters. The molecular formula is CH8O6S2. The first-order chi connectivity index (χ1) is 3.46. The maximum atomic E-state index is 8.67. The van der Waals surface area contributed by atoms with Gasteiger partial charge >= 0.3 is 0 Å². The zero-order valence-corrected chi connectivity index (χ0v) is 5.05. The number of hydrogen-bond acceptors (Lipinski definition) is 2. The Morgan fingerprint density at radius 1 is 0.778 bits per heavy atom. The highest BCUT2D eigenvalue weighted by molar-refractivity contribution is 7.73. The maximum Gasteiger partial charge on any atom is 0.299 e. The largest absolute Gasteiger partial charge is 0.299 e. The van der Waals surface area contributed by atoms with Gasteiger partial charge in [0.25, 0.3) is 22.7 Å². The van der Waals surface area contributed by atoms with Crippen molar-refractivity contribution in [2.24, 2.45) is 0 Å². The van der Waals surface area contributed by atoms with Crippen molar-refractivity contribution < 1.29 is 26.6 Å². The van der Waals surface area contributed by atoms with Crippen LogP contribution in [0.15, 0.2) is 0 Å². The summed E-state index contributed by atoms with van der Waals surface area (Å²) in [5.41, 5.74) is 0. The second-order valence-corrected chi connectivity index (χ2v) is 1.38. The van der Waals surface area contributed by atoms with Gasteiger partial charge in [-0.2, -0.15) is 8.42 Å². The molecule has 0 radical (unpaired) electrons. The van der Waals surface area contributed by atoms with Crippen LogP contribution >= 0.6 is 0 Å². The lowest BCUT2D eigenvalue weighted by Crippen LogP contribution is -1.74. The van der Waals surface area contributed by atoms with Crippen molar-refractivity contribution in [2.75, 3.05) is 0 Å². The van der Waals surface area contributed by atoms with Gasteiger partial charge in [-0.1, -0.05) is 7.43 Å². The first-order valence-electron chi connectivity index (χ1n) is 1.06. The van der Waals surface area contributed by atoms with Crippen LogP contribution < -0.4 is 0 Å². The topological polar surface area (TPSA) is 115 Å². The van der Waals surface area contributed by atoms with Crippen molar-refractivity contribution in [1.82, 2.24) is 0 Å². The Kier molecular flexibility index (Phi) is 19.6. The average Bonchev–Trinajstić information content (AvgIpc) is 1.25. The molecule has 0 unspecified atom stereocenters. The maximum absolute atomic E-state index is 8.67. The van der Waals surface area contributed by atoms with Crippen LogP contribution in [0.2, 0.25) is 0 Å². The van der Waals surface area contributed by atoms with Crippen LogP contribution in [-0.4, -0.2) is 26.6 Å². The lowest BCUT2D eigenvalue weighted by Gasteiger charge is -1.59. The molecule has 0 saturated heterocycles. The Labute approximate surface area is 57.5 Å². The van der Waals surface area contributed by atoms with E-state index in [0.29, 0.717) is 0 Å². The zero-order chi connectivity index (χ0) is 7.15. The van der Waals surface area contributed by atoms with E-state index in [2.05, 4.69) is 0 Å². The molecule has 0 aliphatic heterocycles. The van der Waals surface area contributed by atoms with Crippen molar-refractivity contribution in [3.63, 3.8) is 0 Å². The molecule has 6 nitrogen and oxygen atoms in total. The normalized spacial score (nSPS) is 7.78. The van der Waals surface area contributed by atoms with Gasteiger partial charge < -0.3 is 0 Å². The third-order valence-electron chi connectivity index (χ3n) is 0. The number of hydrogen-bond donors (Lipinski definition) is 4. The quantitative estimate of drug-likeness (QED) is 0.390. The molecule has 60 valence electrons. The van der Waals surface area contributed by atoms with E-state index in [-0.39, 0.29) is 7.43 Å². The molecule has 4 N–H and O–H groups in total. The van der Waals surface area contributed by atoms with Crippen molar-refractivity contribution >= 4 is 22.7 Å².